The first-order chi connectivity index (χ1) is 15.2. The Morgan fingerprint density at radius 1 is 0.906 bits per heavy atom. The van der Waals surface area contributed by atoms with Gasteiger partial charge >= 0.3 is 0 Å². The van der Waals surface area contributed by atoms with Crippen molar-refractivity contribution < 1.29 is 55.1 Å². The van der Waals surface area contributed by atoms with Gasteiger partial charge in [0.2, 0.25) is 6.29 Å². The number of ether oxygens (including phenoxy) is 3. The van der Waals surface area contributed by atoms with E-state index in [4.69, 9.17) is 14.2 Å². The molecule has 32 heavy (non-hydrogen) atoms. The molecule has 0 aromatic heterocycles. The van der Waals surface area contributed by atoms with Crippen LogP contribution in [-0.2, 0) is 16.1 Å². The number of benzene rings is 1. The summed E-state index contributed by atoms with van der Waals surface area (Å²) in [4.78, 5) is 0. The van der Waals surface area contributed by atoms with Crippen LogP contribution >= 0.6 is 0 Å². The number of hydrogen-bond acceptors (Lipinski definition) is 11. The molecule has 8 N–H and O–H groups in total. The van der Waals surface area contributed by atoms with Crippen molar-refractivity contribution in [3.8, 4) is 5.75 Å². The Labute approximate surface area is 185 Å². The van der Waals surface area contributed by atoms with Crippen molar-refractivity contribution in [2.24, 2.45) is 5.92 Å². The third-order valence-corrected chi connectivity index (χ3v) is 6.15. The minimum absolute atomic E-state index is 0.0241. The van der Waals surface area contributed by atoms with Gasteiger partial charge in [-0.15, -0.1) is 0 Å². The van der Waals surface area contributed by atoms with Crippen molar-refractivity contribution in [2.45, 2.75) is 75.1 Å². The molecule has 3 rings (SSSR count). The molecule has 0 radical (unpaired) electrons. The second kappa shape index (κ2) is 10.7. The van der Waals surface area contributed by atoms with Crippen molar-refractivity contribution in [3.05, 3.63) is 29.3 Å². The Hall–Kier alpha value is -1.38. The lowest BCUT2D eigenvalue weighted by molar-refractivity contribution is -0.303. The maximum atomic E-state index is 10.7. The lowest BCUT2D eigenvalue weighted by Crippen LogP contribution is -2.63. The zero-order chi connectivity index (χ0) is 23.6. The SMILES string of the molecule is Cc1cc(CO)ccc1OC1OC(CO)C(OC2CC(CO)C(O)C(O)C2O)C(O)C1O. The van der Waals surface area contributed by atoms with E-state index >= 15 is 0 Å². The number of hydrogen-bond donors (Lipinski definition) is 8. The summed E-state index contributed by atoms with van der Waals surface area (Å²) in [6, 6.07) is 4.91. The number of rotatable bonds is 7. The molecule has 0 spiro atoms. The van der Waals surface area contributed by atoms with Crippen LogP contribution in [0, 0.1) is 12.8 Å². The van der Waals surface area contributed by atoms with Gasteiger partial charge in [-0.05, 0) is 30.5 Å². The van der Waals surface area contributed by atoms with Crippen molar-refractivity contribution >= 4 is 0 Å². The van der Waals surface area contributed by atoms with Crippen LogP contribution in [0.1, 0.15) is 17.5 Å². The summed E-state index contributed by atoms with van der Waals surface area (Å²) in [7, 11) is 0. The van der Waals surface area contributed by atoms with Crippen LogP contribution in [0.15, 0.2) is 18.2 Å². The molecule has 182 valence electrons. The van der Waals surface area contributed by atoms with Gasteiger partial charge in [0, 0.05) is 12.5 Å². The van der Waals surface area contributed by atoms with Crippen molar-refractivity contribution in [2.75, 3.05) is 13.2 Å². The first-order valence-electron chi connectivity index (χ1n) is 10.5. The van der Waals surface area contributed by atoms with Crippen LogP contribution in [0.2, 0.25) is 0 Å². The van der Waals surface area contributed by atoms with E-state index in [0.717, 1.165) is 0 Å². The Kier molecular flexibility index (Phi) is 8.44. The van der Waals surface area contributed by atoms with Crippen molar-refractivity contribution in [1.82, 2.24) is 0 Å². The average molecular weight is 460 g/mol. The van der Waals surface area contributed by atoms with Crippen molar-refractivity contribution in [1.29, 1.82) is 0 Å². The van der Waals surface area contributed by atoms with Crippen LogP contribution in [0.3, 0.4) is 0 Å². The molecule has 1 aliphatic carbocycles. The standard InChI is InChI=1S/C21H32O11/c1-9-4-10(6-22)2-3-12(9)31-21-19(29)18(28)20(14(8-24)32-21)30-13-5-11(7-23)15(25)17(27)16(13)26/h2-4,11,13-29H,5-8H2,1H3. The zero-order valence-electron chi connectivity index (χ0n) is 17.6. The molecule has 11 heteroatoms. The molecule has 1 saturated carbocycles. The number of aliphatic hydroxyl groups is 8. The molecule has 11 nitrogen and oxygen atoms in total. The summed E-state index contributed by atoms with van der Waals surface area (Å²) >= 11 is 0. The molecular formula is C21H32O11. The van der Waals surface area contributed by atoms with E-state index in [1.807, 2.05) is 0 Å². The van der Waals surface area contributed by atoms with E-state index < -0.39 is 74.3 Å². The molecule has 2 fully saturated rings. The lowest BCUT2D eigenvalue weighted by atomic mass is 9.81. The first kappa shape index (κ1) is 25.2. The Morgan fingerprint density at radius 3 is 2.22 bits per heavy atom. The highest BCUT2D eigenvalue weighted by atomic mass is 16.7. The van der Waals surface area contributed by atoms with Gasteiger partial charge in [-0.3, -0.25) is 0 Å². The molecule has 1 heterocycles. The van der Waals surface area contributed by atoms with Crippen LogP contribution in [0.5, 0.6) is 5.75 Å². The zero-order valence-corrected chi connectivity index (χ0v) is 17.6. The van der Waals surface area contributed by atoms with Gasteiger partial charge in [0.05, 0.1) is 25.4 Å². The molecule has 1 aromatic rings. The van der Waals surface area contributed by atoms with E-state index in [2.05, 4.69) is 0 Å². The third-order valence-electron chi connectivity index (χ3n) is 6.15. The second-order valence-electron chi connectivity index (χ2n) is 8.37. The van der Waals surface area contributed by atoms with E-state index in [1.54, 1.807) is 25.1 Å². The van der Waals surface area contributed by atoms with Gasteiger partial charge in [-0.25, -0.2) is 0 Å². The van der Waals surface area contributed by atoms with Crippen LogP contribution in [0.25, 0.3) is 0 Å². The van der Waals surface area contributed by atoms with E-state index in [-0.39, 0.29) is 13.0 Å². The average Bonchev–Trinajstić information content (AvgIpc) is 2.79. The number of aryl methyl sites for hydroxylation is 1. The third kappa shape index (κ3) is 5.07. The fourth-order valence-electron chi connectivity index (χ4n) is 4.18. The van der Waals surface area contributed by atoms with Gasteiger partial charge in [-0.1, -0.05) is 12.1 Å². The highest BCUT2D eigenvalue weighted by Gasteiger charge is 2.50. The molecule has 2 aliphatic rings. The molecule has 0 bridgehead atoms. The van der Waals surface area contributed by atoms with Gasteiger partial charge in [0.1, 0.15) is 42.4 Å². The number of aliphatic hydroxyl groups excluding tert-OH is 8. The predicted octanol–water partition coefficient (Wildman–Crippen LogP) is -2.85. The summed E-state index contributed by atoms with van der Waals surface area (Å²) in [6.07, 6.45) is -12.5. The van der Waals surface area contributed by atoms with Gasteiger partial charge in [0.15, 0.2) is 0 Å². The molecule has 1 aliphatic heterocycles. The normalized spacial score (nSPS) is 40.3. The first-order valence-corrected chi connectivity index (χ1v) is 10.5. The summed E-state index contributed by atoms with van der Waals surface area (Å²) in [6.45, 7) is 0.528. The Morgan fingerprint density at radius 2 is 1.62 bits per heavy atom. The largest absolute Gasteiger partial charge is 0.462 e. The lowest BCUT2D eigenvalue weighted by Gasteiger charge is -2.46. The maximum absolute atomic E-state index is 10.7. The molecule has 1 saturated heterocycles. The molecular weight excluding hydrogens is 428 g/mol. The van der Waals surface area contributed by atoms with E-state index in [9.17, 15) is 40.9 Å². The fraction of sp³-hybridized carbons (Fsp3) is 0.714. The summed E-state index contributed by atoms with van der Waals surface area (Å²) in [5, 5.41) is 79.9. The summed E-state index contributed by atoms with van der Waals surface area (Å²) < 4.78 is 17.0. The smallest absolute Gasteiger partial charge is 0.229 e. The Bertz CT molecular complexity index is 742. The van der Waals surface area contributed by atoms with Gasteiger partial charge in [0.25, 0.3) is 0 Å². The Balaban J connectivity index is 1.72. The minimum Gasteiger partial charge on any atom is -0.462 e. The predicted molar refractivity (Wildman–Crippen MR) is 107 cm³/mol. The van der Waals surface area contributed by atoms with Crippen molar-refractivity contribution in [3.63, 3.8) is 0 Å². The quantitative estimate of drug-likeness (QED) is 0.209. The fourth-order valence-corrected chi connectivity index (χ4v) is 4.18. The minimum atomic E-state index is -1.58. The summed E-state index contributed by atoms with van der Waals surface area (Å²) in [5.74, 6) is -0.418. The topological polar surface area (TPSA) is 190 Å². The summed E-state index contributed by atoms with van der Waals surface area (Å²) in [5.41, 5.74) is 1.33. The molecule has 1 aromatic carbocycles. The molecule has 0 amide bonds. The molecule has 10 unspecified atom stereocenters. The second-order valence-corrected chi connectivity index (χ2v) is 8.37. The van der Waals surface area contributed by atoms with Crippen LogP contribution < -0.4 is 4.74 Å². The monoisotopic (exact) mass is 460 g/mol. The van der Waals surface area contributed by atoms with Gasteiger partial charge < -0.3 is 55.1 Å². The van der Waals surface area contributed by atoms with Crippen LogP contribution in [-0.4, -0.2) is 109 Å². The van der Waals surface area contributed by atoms with E-state index in [0.29, 0.717) is 16.9 Å². The van der Waals surface area contributed by atoms with Crippen LogP contribution in [0.4, 0.5) is 0 Å². The van der Waals surface area contributed by atoms with Gasteiger partial charge in [-0.2, -0.15) is 0 Å². The highest BCUT2D eigenvalue weighted by Crippen LogP contribution is 2.33. The van der Waals surface area contributed by atoms with E-state index in [1.165, 1.54) is 0 Å². The maximum Gasteiger partial charge on any atom is 0.229 e. The molecule has 10 atom stereocenters. The highest BCUT2D eigenvalue weighted by molar-refractivity contribution is 5.36.